The maximum absolute atomic E-state index is 13.6. The number of halogens is 2. The van der Waals surface area contributed by atoms with E-state index in [4.69, 9.17) is 33.7 Å². The monoisotopic (exact) mass is 614 g/mol. The molecule has 4 atom stereocenters. The fourth-order valence-corrected chi connectivity index (χ4v) is 7.70. The number of benzene rings is 1. The fourth-order valence-electron chi connectivity index (χ4n) is 5.47. The average molecular weight is 616 g/mol. The summed E-state index contributed by atoms with van der Waals surface area (Å²) in [5, 5.41) is 2.85. The van der Waals surface area contributed by atoms with Crippen LogP contribution in [0.3, 0.4) is 0 Å². The van der Waals surface area contributed by atoms with Crippen LogP contribution >= 0.6 is 23.2 Å². The van der Waals surface area contributed by atoms with Gasteiger partial charge in [0.25, 0.3) is 21.8 Å². The third-order valence-electron chi connectivity index (χ3n) is 7.53. The molecule has 4 N–H and O–H groups in total. The lowest BCUT2D eigenvalue weighted by Crippen LogP contribution is -2.57. The molecule has 2 heterocycles. The van der Waals surface area contributed by atoms with Gasteiger partial charge in [-0.25, -0.2) is 17.9 Å². The molecule has 1 aromatic rings. The second-order valence-electron chi connectivity index (χ2n) is 10.4. The normalized spacial score (nSPS) is 28.3. The van der Waals surface area contributed by atoms with E-state index >= 15 is 0 Å². The molecule has 218 valence electrons. The summed E-state index contributed by atoms with van der Waals surface area (Å²) in [6.07, 6.45) is 5.64. The van der Waals surface area contributed by atoms with Crippen molar-refractivity contribution in [1.82, 2.24) is 14.9 Å². The lowest BCUT2D eigenvalue weighted by molar-refractivity contribution is -0.146. The van der Waals surface area contributed by atoms with Gasteiger partial charge in [-0.15, -0.1) is 0 Å². The molecule has 4 rings (SSSR count). The van der Waals surface area contributed by atoms with Gasteiger partial charge in [0.05, 0.1) is 5.02 Å². The number of primary amides is 1. The molecule has 1 aromatic carbocycles. The molecule has 4 amide bonds. The van der Waals surface area contributed by atoms with Gasteiger partial charge in [0.1, 0.15) is 16.5 Å². The van der Waals surface area contributed by atoms with Crippen molar-refractivity contribution in [2.75, 3.05) is 6.54 Å². The first-order valence-electron chi connectivity index (χ1n) is 13.1. The summed E-state index contributed by atoms with van der Waals surface area (Å²) in [5.41, 5.74) is 3.91. The number of allylic oxidation sites excluding steroid dienone is 1. The van der Waals surface area contributed by atoms with Crippen LogP contribution in [0.1, 0.15) is 56.9 Å². The highest BCUT2D eigenvalue weighted by Crippen LogP contribution is 2.46. The lowest BCUT2D eigenvalue weighted by atomic mass is 10.1. The number of hydrogen-bond donors (Lipinski definition) is 3. The number of hydrogen-bond acceptors (Lipinski definition) is 7. The number of sulfonamides is 1. The molecule has 2 aliphatic heterocycles. The van der Waals surface area contributed by atoms with Crippen LogP contribution in [0.25, 0.3) is 0 Å². The largest absolute Gasteiger partial charge is 0.436 e. The number of carbonyl (C=O) groups is 4. The van der Waals surface area contributed by atoms with E-state index < -0.39 is 57.4 Å². The zero-order chi connectivity index (χ0) is 29.2. The van der Waals surface area contributed by atoms with Gasteiger partial charge in [-0.3, -0.25) is 14.4 Å². The Morgan fingerprint density at radius 2 is 1.90 bits per heavy atom. The molecule has 11 nitrogen and oxygen atoms in total. The Morgan fingerprint density at radius 1 is 1.15 bits per heavy atom. The van der Waals surface area contributed by atoms with E-state index in [-0.39, 0.29) is 39.9 Å². The molecule has 0 spiro atoms. The van der Waals surface area contributed by atoms with Crippen molar-refractivity contribution in [3.05, 3.63) is 39.9 Å². The van der Waals surface area contributed by atoms with E-state index in [1.54, 1.807) is 0 Å². The van der Waals surface area contributed by atoms with Crippen molar-refractivity contribution in [2.45, 2.75) is 80.9 Å². The van der Waals surface area contributed by atoms with Gasteiger partial charge < -0.3 is 20.7 Å². The Labute approximate surface area is 242 Å². The van der Waals surface area contributed by atoms with E-state index in [0.717, 1.165) is 12.8 Å². The third kappa shape index (κ3) is 6.39. The molecule has 2 fully saturated rings. The van der Waals surface area contributed by atoms with Crippen LogP contribution in [-0.4, -0.2) is 61.4 Å². The Balaban J connectivity index is 1.61. The predicted octanol–water partition coefficient (Wildman–Crippen LogP) is 2.96. The van der Waals surface area contributed by atoms with E-state index in [0.29, 0.717) is 25.7 Å². The van der Waals surface area contributed by atoms with Gasteiger partial charge in [0.2, 0.25) is 5.91 Å². The number of fused-ring (bicyclic) bond motifs is 2. The van der Waals surface area contributed by atoms with Crippen molar-refractivity contribution >= 4 is 57.0 Å². The molecule has 3 aliphatic rings. The minimum Gasteiger partial charge on any atom is -0.436 e. The highest BCUT2D eigenvalue weighted by molar-refractivity contribution is 7.90. The van der Waals surface area contributed by atoms with Crippen molar-refractivity contribution < 1.29 is 32.3 Å². The van der Waals surface area contributed by atoms with Crippen LogP contribution in [0.2, 0.25) is 10.0 Å². The van der Waals surface area contributed by atoms with Crippen molar-refractivity contribution in [2.24, 2.45) is 11.7 Å². The van der Waals surface area contributed by atoms with Crippen LogP contribution < -0.4 is 15.8 Å². The maximum Gasteiger partial charge on any atom is 0.405 e. The van der Waals surface area contributed by atoms with Gasteiger partial charge in [-0.05, 0) is 69.6 Å². The second-order valence-corrected chi connectivity index (χ2v) is 12.9. The zero-order valence-electron chi connectivity index (χ0n) is 22.0. The van der Waals surface area contributed by atoms with Crippen LogP contribution in [-0.2, 0) is 29.1 Å². The Hall–Kier alpha value is -2.83. The SMILES string of the molecule is Cc1cc(Cl)cc(Cl)c1S(=O)(=O)NC(=O)C12CC1/C=C/CCCCCC(OC(N)=O)C(=O)N1CCCC1C(=O)N2. The summed E-state index contributed by atoms with van der Waals surface area (Å²) in [6.45, 7) is 1.77. The Bertz CT molecular complexity index is 1330. The summed E-state index contributed by atoms with van der Waals surface area (Å²) in [7, 11) is -4.42. The molecule has 14 heteroatoms. The summed E-state index contributed by atoms with van der Waals surface area (Å²) < 4.78 is 33.7. The standard InChI is InChI=1S/C26H32Cl2N4O7S/c1-15-12-17(27)13-18(28)21(15)40(37,38)31-24(35)26-14-16(26)8-5-3-2-4-6-10-20(39-25(29)36)23(34)32-11-7-9-19(32)22(33)30-26/h5,8,12-13,16,19-20H,2-4,6-7,9-11,14H2,1H3,(H2,29,36)(H,30,33)(H,31,35)/b8-5+. The van der Waals surface area contributed by atoms with Gasteiger partial charge in [-0.1, -0.05) is 41.8 Å². The fraction of sp³-hybridized carbons (Fsp3) is 0.538. The van der Waals surface area contributed by atoms with Crippen LogP contribution in [0.15, 0.2) is 29.2 Å². The molecular weight excluding hydrogens is 583 g/mol. The molecule has 1 saturated heterocycles. The number of nitrogens with one attached hydrogen (secondary N) is 2. The van der Waals surface area contributed by atoms with E-state index in [2.05, 4.69) is 10.0 Å². The van der Waals surface area contributed by atoms with Crippen LogP contribution in [0.5, 0.6) is 0 Å². The number of ether oxygens (including phenoxy) is 1. The molecule has 40 heavy (non-hydrogen) atoms. The average Bonchev–Trinajstić information content (AvgIpc) is 3.31. The van der Waals surface area contributed by atoms with E-state index in [1.165, 1.54) is 24.0 Å². The highest BCUT2D eigenvalue weighted by Gasteiger charge is 2.61. The summed E-state index contributed by atoms with van der Waals surface area (Å²) in [4.78, 5) is 52.9. The first kappa shape index (κ1) is 30.1. The number of nitrogens with zero attached hydrogens (tertiary/aromatic N) is 1. The zero-order valence-corrected chi connectivity index (χ0v) is 24.3. The first-order chi connectivity index (χ1) is 18.9. The molecule has 1 aliphatic carbocycles. The number of amides is 4. The molecule has 1 saturated carbocycles. The van der Waals surface area contributed by atoms with Crippen molar-refractivity contribution in [3.8, 4) is 0 Å². The van der Waals surface area contributed by atoms with Crippen LogP contribution in [0.4, 0.5) is 4.79 Å². The minimum atomic E-state index is -4.42. The lowest BCUT2D eigenvalue weighted by Gasteiger charge is -2.29. The maximum atomic E-state index is 13.6. The minimum absolute atomic E-state index is 0.144. The summed E-state index contributed by atoms with van der Waals surface area (Å²) in [5.74, 6) is -2.47. The van der Waals surface area contributed by atoms with Gasteiger partial charge in [0, 0.05) is 17.5 Å². The van der Waals surface area contributed by atoms with Gasteiger partial charge >= 0.3 is 6.09 Å². The van der Waals surface area contributed by atoms with E-state index in [9.17, 15) is 27.6 Å². The Morgan fingerprint density at radius 3 is 2.60 bits per heavy atom. The molecule has 0 aromatic heterocycles. The predicted molar refractivity (Wildman–Crippen MR) is 147 cm³/mol. The number of carbonyl (C=O) groups excluding carboxylic acids is 4. The first-order valence-corrected chi connectivity index (χ1v) is 15.4. The smallest absolute Gasteiger partial charge is 0.405 e. The van der Waals surface area contributed by atoms with Crippen molar-refractivity contribution in [1.29, 1.82) is 0 Å². The van der Waals surface area contributed by atoms with E-state index in [1.807, 2.05) is 12.2 Å². The van der Waals surface area contributed by atoms with Crippen molar-refractivity contribution in [3.63, 3.8) is 0 Å². The number of aryl methyl sites for hydroxylation is 1. The number of nitrogens with two attached hydrogens (primary N) is 1. The van der Waals surface area contributed by atoms with Crippen LogP contribution in [0, 0.1) is 12.8 Å². The molecule has 0 radical (unpaired) electrons. The summed E-state index contributed by atoms with van der Waals surface area (Å²) in [6, 6.07) is 1.76. The van der Waals surface area contributed by atoms with Gasteiger partial charge in [0.15, 0.2) is 6.10 Å². The quantitative estimate of drug-likeness (QED) is 0.438. The molecule has 4 unspecified atom stereocenters. The Kier molecular flexibility index (Phi) is 9.01. The molecular formula is C26H32Cl2N4O7S. The summed E-state index contributed by atoms with van der Waals surface area (Å²) >= 11 is 12.1. The topological polar surface area (TPSA) is 165 Å². The third-order valence-corrected chi connectivity index (χ3v) is 9.70. The van der Waals surface area contributed by atoms with Gasteiger partial charge in [-0.2, -0.15) is 0 Å². The number of rotatable bonds is 4. The second kappa shape index (κ2) is 12.0. The molecule has 0 bridgehead atoms. The highest BCUT2D eigenvalue weighted by atomic mass is 35.5.